The summed E-state index contributed by atoms with van der Waals surface area (Å²) in [5.74, 6) is 3.48. The average molecular weight is 258 g/mol. The molecule has 2 aromatic rings. The lowest BCUT2D eigenvalue weighted by molar-refractivity contribution is 0.516. The molecular formula is C15H18N2S. The van der Waals surface area contributed by atoms with Gasteiger partial charge in [-0.25, -0.2) is 0 Å². The van der Waals surface area contributed by atoms with Crippen LogP contribution in [0.1, 0.15) is 12.8 Å². The molecule has 0 unspecified atom stereocenters. The lowest BCUT2D eigenvalue weighted by atomic mass is 10.0. The maximum Gasteiger partial charge on any atom is 0.0722 e. The Labute approximate surface area is 112 Å². The number of pyridine rings is 1. The van der Waals surface area contributed by atoms with Crippen molar-refractivity contribution >= 4 is 28.4 Å². The van der Waals surface area contributed by atoms with Crippen molar-refractivity contribution in [2.24, 2.45) is 5.92 Å². The maximum atomic E-state index is 4.39. The minimum Gasteiger partial charge on any atom is -0.384 e. The summed E-state index contributed by atoms with van der Waals surface area (Å²) >= 11 is 2.09. The number of anilines is 1. The highest BCUT2D eigenvalue weighted by Crippen LogP contribution is 2.25. The molecule has 1 N–H and O–H groups in total. The summed E-state index contributed by atoms with van der Waals surface area (Å²) in [5.41, 5.74) is 2.29. The molecule has 94 valence electrons. The summed E-state index contributed by atoms with van der Waals surface area (Å²) in [5, 5.41) is 4.84. The second-order valence-corrected chi connectivity index (χ2v) is 6.04. The smallest absolute Gasteiger partial charge is 0.0722 e. The Morgan fingerprint density at radius 3 is 2.89 bits per heavy atom. The first-order chi connectivity index (χ1) is 8.93. The number of nitrogens with one attached hydrogen (secondary N) is 1. The van der Waals surface area contributed by atoms with E-state index in [1.54, 1.807) is 0 Å². The molecule has 0 saturated carbocycles. The molecule has 0 aliphatic carbocycles. The molecule has 0 spiro atoms. The predicted octanol–water partition coefficient (Wildman–Crippen LogP) is 3.79. The highest BCUT2D eigenvalue weighted by Gasteiger charge is 2.13. The van der Waals surface area contributed by atoms with Gasteiger partial charge < -0.3 is 5.32 Å². The number of fused-ring (bicyclic) bond motifs is 1. The zero-order valence-electron chi connectivity index (χ0n) is 10.4. The van der Waals surface area contributed by atoms with Gasteiger partial charge >= 0.3 is 0 Å². The molecule has 1 aromatic carbocycles. The van der Waals surface area contributed by atoms with Crippen LogP contribution >= 0.6 is 11.8 Å². The molecule has 2 heterocycles. The van der Waals surface area contributed by atoms with Gasteiger partial charge in [-0.2, -0.15) is 11.8 Å². The highest BCUT2D eigenvalue weighted by atomic mass is 32.2. The minimum atomic E-state index is 0.832. The number of nitrogens with zero attached hydrogens (tertiary/aromatic N) is 1. The molecule has 3 rings (SSSR count). The van der Waals surface area contributed by atoms with Crippen molar-refractivity contribution in [2.45, 2.75) is 12.8 Å². The quantitative estimate of drug-likeness (QED) is 0.906. The molecule has 0 atom stereocenters. The fourth-order valence-corrected chi connectivity index (χ4v) is 3.66. The van der Waals surface area contributed by atoms with Crippen molar-refractivity contribution in [3.05, 3.63) is 36.5 Å². The number of para-hydroxylation sites is 1. The van der Waals surface area contributed by atoms with Crippen LogP contribution in [0.2, 0.25) is 0 Å². The zero-order chi connectivity index (χ0) is 12.2. The number of thioether (sulfide) groups is 1. The molecule has 0 radical (unpaired) electrons. The molecular weight excluding hydrogens is 240 g/mol. The molecule has 3 heteroatoms. The van der Waals surface area contributed by atoms with Crippen LogP contribution in [0.4, 0.5) is 5.69 Å². The van der Waals surface area contributed by atoms with E-state index in [1.165, 1.54) is 35.4 Å². The van der Waals surface area contributed by atoms with E-state index >= 15 is 0 Å². The third kappa shape index (κ3) is 2.61. The standard InChI is InChI=1S/C15H18N2S/c1-2-4-14-13(3-1)15(5-8-16-14)17-11-12-6-9-18-10-7-12/h1-5,8,12H,6-7,9-11H2,(H,16,17). The Morgan fingerprint density at radius 1 is 1.17 bits per heavy atom. The van der Waals surface area contributed by atoms with E-state index in [0.29, 0.717) is 0 Å². The van der Waals surface area contributed by atoms with Crippen LogP contribution in [0, 0.1) is 5.92 Å². The summed E-state index contributed by atoms with van der Waals surface area (Å²) in [4.78, 5) is 4.39. The second-order valence-electron chi connectivity index (χ2n) is 4.81. The van der Waals surface area contributed by atoms with Crippen LogP contribution in [0.15, 0.2) is 36.5 Å². The van der Waals surface area contributed by atoms with Crippen LogP contribution in [0.5, 0.6) is 0 Å². The fourth-order valence-electron chi connectivity index (χ4n) is 2.45. The Morgan fingerprint density at radius 2 is 2.00 bits per heavy atom. The third-order valence-electron chi connectivity index (χ3n) is 3.57. The first-order valence-corrected chi connectivity index (χ1v) is 7.74. The molecule has 0 bridgehead atoms. The van der Waals surface area contributed by atoms with E-state index in [9.17, 15) is 0 Å². The van der Waals surface area contributed by atoms with Crippen LogP contribution in [0.25, 0.3) is 10.9 Å². The normalized spacial score (nSPS) is 16.9. The summed E-state index contributed by atoms with van der Waals surface area (Å²) in [6.07, 6.45) is 4.59. The van der Waals surface area contributed by atoms with Gasteiger partial charge in [0.05, 0.1) is 5.52 Å². The van der Waals surface area contributed by atoms with Crippen LogP contribution in [-0.4, -0.2) is 23.0 Å². The van der Waals surface area contributed by atoms with Crippen molar-refractivity contribution in [1.29, 1.82) is 0 Å². The van der Waals surface area contributed by atoms with Gasteiger partial charge in [0.25, 0.3) is 0 Å². The number of hydrogen-bond acceptors (Lipinski definition) is 3. The Bertz CT molecular complexity index is 515. The van der Waals surface area contributed by atoms with Crippen molar-refractivity contribution < 1.29 is 0 Å². The Hall–Kier alpha value is -1.22. The Balaban J connectivity index is 1.74. The van der Waals surface area contributed by atoms with Crippen molar-refractivity contribution in [1.82, 2.24) is 4.98 Å². The molecule has 1 aliphatic heterocycles. The van der Waals surface area contributed by atoms with Gasteiger partial charge in [0, 0.05) is 23.8 Å². The van der Waals surface area contributed by atoms with Gasteiger partial charge in [-0.1, -0.05) is 18.2 Å². The van der Waals surface area contributed by atoms with E-state index in [-0.39, 0.29) is 0 Å². The third-order valence-corrected chi connectivity index (χ3v) is 4.62. The van der Waals surface area contributed by atoms with Gasteiger partial charge in [-0.3, -0.25) is 4.98 Å². The van der Waals surface area contributed by atoms with Gasteiger partial charge in [-0.05, 0) is 42.4 Å². The lowest BCUT2D eigenvalue weighted by Crippen LogP contribution is -2.19. The number of benzene rings is 1. The first kappa shape index (κ1) is 11.8. The van der Waals surface area contributed by atoms with E-state index < -0.39 is 0 Å². The Kier molecular flexibility index (Phi) is 3.69. The van der Waals surface area contributed by atoms with Crippen molar-refractivity contribution in [3.63, 3.8) is 0 Å². The summed E-state index contributed by atoms with van der Waals surface area (Å²) in [6.45, 7) is 1.09. The molecule has 2 nitrogen and oxygen atoms in total. The van der Waals surface area contributed by atoms with Crippen LogP contribution in [-0.2, 0) is 0 Å². The molecule has 1 saturated heterocycles. The SMILES string of the molecule is c1ccc2c(NCC3CCSCC3)ccnc2c1. The number of rotatable bonds is 3. The summed E-state index contributed by atoms with van der Waals surface area (Å²) in [7, 11) is 0. The average Bonchev–Trinajstić information content (AvgIpc) is 2.46. The zero-order valence-corrected chi connectivity index (χ0v) is 11.2. The largest absolute Gasteiger partial charge is 0.384 e. The molecule has 18 heavy (non-hydrogen) atoms. The van der Waals surface area contributed by atoms with E-state index in [0.717, 1.165) is 18.0 Å². The van der Waals surface area contributed by atoms with Crippen molar-refractivity contribution in [3.8, 4) is 0 Å². The van der Waals surface area contributed by atoms with E-state index in [1.807, 2.05) is 12.3 Å². The summed E-state index contributed by atoms with van der Waals surface area (Å²) < 4.78 is 0. The van der Waals surface area contributed by atoms with E-state index in [4.69, 9.17) is 0 Å². The minimum absolute atomic E-state index is 0.832. The maximum absolute atomic E-state index is 4.39. The molecule has 0 amide bonds. The number of aromatic nitrogens is 1. The second kappa shape index (κ2) is 5.61. The molecule has 1 fully saturated rings. The van der Waals surface area contributed by atoms with E-state index in [2.05, 4.69) is 46.3 Å². The van der Waals surface area contributed by atoms with Gasteiger partial charge in [0.2, 0.25) is 0 Å². The molecule has 1 aromatic heterocycles. The fraction of sp³-hybridized carbons (Fsp3) is 0.400. The summed E-state index contributed by atoms with van der Waals surface area (Å²) in [6, 6.07) is 10.4. The topological polar surface area (TPSA) is 24.9 Å². The monoisotopic (exact) mass is 258 g/mol. The highest BCUT2D eigenvalue weighted by molar-refractivity contribution is 7.99. The first-order valence-electron chi connectivity index (χ1n) is 6.59. The van der Waals surface area contributed by atoms with Crippen LogP contribution < -0.4 is 5.32 Å². The van der Waals surface area contributed by atoms with Gasteiger partial charge in [-0.15, -0.1) is 0 Å². The molecule has 1 aliphatic rings. The van der Waals surface area contributed by atoms with Gasteiger partial charge in [0.15, 0.2) is 0 Å². The van der Waals surface area contributed by atoms with Crippen LogP contribution in [0.3, 0.4) is 0 Å². The van der Waals surface area contributed by atoms with Crippen molar-refractivity contribution in [2.75, 3.05) is 23.4 Å². The van der Waals surface area contributed by atoms with Gasteiger partial charge in [0.1, 0.15) is 0 Å². The number of hydrogen-bond donors (Lipinski definition) is 1. The lowest BCUT2D eigenvalue weighted by Gasteiger charge is -2.22. The predicted molar refractivity (Wildman–Crippen MR) is 80.3 cm³/mol.